The van der Waals surface area contributed by atoms with Crippen LogP contribution >= 0.6 is 11.8 Å². The topological polar surface area (TPSA) is 57.1 Å². The highest BCUT2D eigenvalue weighted by Gasteiger charge is 2.42. The SMILES string of the molecule is C[C@H](NC(=O)CSC1=Nc2ccccc2[C@H]2CC=NN12)[C@H]1C[C@H]2CC[C@H]1C2. The van der Waals surface area contributed by atoms with Crippen molar-refractivity contribution in [2.24, 2.45) is 27.8 Å². The molecule has 0 radical (unpaired) electrons. The van der Waals surface area contributed by atoms with Crippen LogP contribution in [0.2, 0.25) is 0 Å². The monoisotopic (exact) mass is 382 g/mol. The number of benzene rings is 1. The van der Waals surface area contributed by atoms with E-state index >= 15 is 0 Å². The maximum atomic E-state index is 12.6. The summed E-state index contributed by atoms with van der Waals surface area (Å²) in [6.45, 7) is 2.18. The van der Waals surface area contributed by atoms with Crippen molar-refractivity contribution in [1.29, 1.82) is 0 Å². The maximum Gasteiger partial charge on any atom is 0.230 e. The van der Waals surface area contributed by atoms with E-state index in [2.05, 4.69) is 23.4 Å². The highest BCUT2D eigenvalue weighted by molar-refractivity contribution is 8.14. The predicted octanol–water partition coefficient (Wildman–Crippen LogP) is 4.09. The van der Waals surface area contributed by atoms with E-state index in [9.17, 15) is 4.79 Å². The van der Waals surface area contributed by atoms with Crippen molar-refractivity contribution in [1.82, 2.24) is 10.3 Å². The van der Waals surface area contributed by atoms with Crippen molar-refractivity contribution in [2.75, 3.05) is 5.75 Å². The van der Waals surface area contributed by atoms with Gasteiger partial charge in [-0.05, 0) is 50.0 Å². The summed E-state index contributed by atoms with van der Waals surface area (Å²) in [6.07, 6.45) is 8.27. The average Bonchev–Trinajstić information content (AvgIpc) is 3.42. The van der Waals surface area contributed by atoms with Crippen LogP contribution in [0.4, 0.5) is 5.69 Å². The van der Waals surface area contributed by atoms with Crippen LogP contribution in [0.1, 0.15) is 50.6 Å². The number of amidine groups is 1. The molecule has 1 aromatic rings. The molecule has 0 unspecified atom stereocenters. The summed E-state index contributed by atoms with van der Waals surface area (Å²) in [5, 5.41) is 10.5. The van der Waals surface area contributed by atoms with Gasteiger partial charge in [0.2, 0.25) is 5.91 Å². The summed E-state index contributed by atoms with van der Waals surface area (Å²) in [5.41, 5.74) is 2.22. The Morgan fingerprint density at radius 3 is 3.04 bits per heavy atom. The molecule has 0 saturated heterocycles. The van der Waals surface area contributed by atoms with E-state index in [1.54, 1.807) is 0 Å². The second-order valence-corrected chi connectivity index (χ2v) is 9.27. The van der Waals surface area contributed by atoms with Gasteiger partial charge in [0.15, 0.2) is 5.17 Å². The third-order valence-electron chi connectivity index (χ3n) is 6.69. The summed E-state index contributed by atoms with van der Waals surface area (Å²) >= 11 is 1.50. The van der Waals surface area contributed by atoms with Crippen molar-refractivity contribution in [3.63, 3.8) is 0 Å². The summed E-state index contributed by atoms with van der Waals surface area (Å²) in [6, 6.07) is 8.73. The Labute approximate surface area is 164 Å². The van der Waals surface area contributed by atoms with Crippen LogP contribution in [0.3, 0.4) is 0 Å². The molecule has 142 valence electrons. The Kier molecular flexibility index (Phi) is 4.46. The normalized spacial score (nSPS) is 31.4. The Hall–Kier alpha value is -1.82. The summed E-state index contributed by atoms with van der Waals surface area (Å²) in [4.78, 5) is 17.3. The van der Waals surface area contributed by atoms with E-state index in [1.165, 1.54) is 43.0 Å². The van der Waals surface area contributed by atoms with Crippen LogP contribution in [-0.2, 0) is 4.79 Å². The number of thioether (sulfide) groups is 1. The molecule has 27 heavy (non-hydrogen) atoms. The number of amides is 1. The fraction of sp³-hybridized carbons (Fsp3) is 0.571. The fourth-order valence-corrected chi connectivity index (χ4v) is 6.23. The Balaban J connectivity index is 1.21. The number of aliphatic imine (C=N–C) groups is 1. The van der Waals surface area contributed by atoms with Crippen LogP contribution in [0.5, 0.6) is 0 Å². The number of carbonyl (C=O) groups excluding carboxylic acids is 1. The number of fused-ring (bicyclic) bond motifs is 5. The molecule has 5 rings (SSSR count). The maximum absolute atomic E-state index is 12.6. The van der Waals surface area contributed by atoms with E-state index in [-0.39, 0.29) is 18.0 Å². The van der Waals surface area contributed by atoms with Gasteiger partial charge in [0.25, 0.3) is 0 Å². The molecule has 0 spiro atoms. The molecule has 2 saturated carbocycles. The summed E-state index contributed by atoms with van der Waals surface area (Å²) < 4.78 is 0. The lowest BCUT2D eigenvalue weighted by Crippen LogP contribution is -2.41. The van der Waals surface area contributed by atoms with E-state index < -0.39 is 0 Å². The zero-order valence-corrected chi connectivity index (χ0v) is 16.5. The van der Waals surface area contributed by atoms with Gasteiger partial charge in [0.05, 0.1) is 17.5 Å². The van der Waals surface area contributed by atoms with Crippen LogP contribution in [0.15, 0.2) is 34.4 Å². The van der Waals surface area contributed by atoms with Crippen molar-refractivity contribution in [2.45, 2.75) is 51.1 Å². The number of hydrogen-bond acceptors (Lipinski definition) is 5. The minimum absolute atomic E-state index is 0.108. The number of rotatable bonds is 4. The fourth-order valence-electron chi connectivity index (χ4n) is 5.42. The van der Waals surface area contributed by atoms with Crippen LogP contribution in [-0.4, -0.2) is 34.1 Å². The molecule has 5 atom stereocenters. The van der Waals surface area contributed by atoms with Crippen molar-refractivity contribution in [3.05, 3.63) is 29.8 Å². The van der Waals surface area contributed by atoms with Gasteiger partial charge < -0.3 is 5.32 Å². The zero-order valence-electron chi connectivity index (χ0n) is 15.7. The molecule has 1 N–H and O–H groups in total. The molecule has 4 aliphatic rings. The van der Waals surface area contributed by atoms with Crippen molar-refractivity contribution < 1.29 is 4.79 Å². The van der Waals surface area contributed by atoms with E-state index in [4.69, 9.17) is 4.99 Å². The van der Waals surface area contributed by atoms with Gasteiger partial charge in [-0.2, -0.15) is 5.10 Å². The molecule has 5 nitrogen and oxygen atoms in total. The van der Waals surface area contributed by atoms with Gasteiger partial charge in [0.1, 0.15) is 0 Å². The second kappa shape index (κ2) is 6.97. The molecular weight excluding hydrogens is 356 g/mol. The van der Waals surface area contributed by atoms with Crippen LogP contribution in [0, 0.1) is 17.8 Å². The van der Waals surface area contributed by atoms with Crippen LogP contribution in [0.25, 0.3) is 0 Å². The molecular formula is C21H26N4OS. The molecule has 2 fully saturated rings. The number of para-hydroxylation sites is 1. The van der Waals surface area contributed by atoms with Gasteiger partial charge in [-0.1, -0.05) is 36.4 Å². The molecule has 1 aromatic carbocycles. The van der Waals surface area contributed by atoms with Gasteiger partial charge in [-0.25, -0.2) is 10.0 Å². The summed E-state index contributed by atoms with van der Waals surface area (Å²) in [7, 11) is 0. The smallest absolute Gasteiger partial charge is 0.230 e. The lowest BCUT2D eigenvalue weighted by Gasteiger charge is -2.30. The third kappa shape index (κ3) is 3.18. The van der Waals surface area contributed by atoms with Gasteiger partial charge >= 0.3 is 0 Å². The predicted molar refractivity (Wildman–Crippen MR) is 110 cm³/mol. The number of carbonyl (C=O) groups is 1. The molecule has 1 amide bonds. The highest BCUT2D eigenvalue weighted by atomic mass is 32.2. The van der Waals surface area contributed by atoms with Crippen molar-refractivity contribution in [3.8, 4) is 0 Å². The van der Waals surface area contributed by atoms with Crippen molar-refractivity contribution >= 4 is 34.7 Å². The quantitative estimate of drug-likeness (QED) is 0.853. The first-order valence-corrected chi connectivity index (χ1v) is 11.1. The standard InChI is InChI=1S/C21H26N4OS/c1-13(17-11-14-6-7-15(17)10-14)23-20(26)12-27-21-24-18-5-3-2-4-16(18)19-8-9-22-25(19)21/h2-5,9,13-15,17,19H,6-8,10-12H2,1H3,(H,23,26)/t13-,14-,15-,17+,19+/m0/s1. The lowest BCUT2D eigenvalue weighted by atomic mass is 9.84. The number of nitrogens with one attached hydrogen (secondary N) is 1. The van der Waals surface area contributed by atoms with E-state index in [1.807, 2.05) is 29.4 Å². The Morgan fingerprint density at radius 2 is 2.22 bits per heavy atom. The van der Waals surface area contributed by atoms with E-state index in [0.29, 0.717) is 11.7 Å². The molecule has 2 heterocycles. The molecule has 0 aromatic heterocycles. The minimum Gasteiger partial charge on any atom is -0.353 e. The highest BCUT2D eigenvalue weighted by Crippen LogP contribution is 2.49. The first-order valence-electron chi connectivity index (χ1n) is 10.1. The zero-order chi connectivity index (χ0) is 18.4. The average molecular weight is 383 g/mol. The number of nitrogens with zero attached hydrogens (tertiary/aromatic N) is 3. The second-order valence-electron chi connectivity index (χ2n) is 8.33. The molecule has 6 heteroatoms. The summed E-state index contributed by atoms with van der Waals surface area (Å²) in [5.74, 6) is 2.91. The number of hydrogen-bond donors (Lipinski definition) is 1. The first-order chi connectivity index (χ1) is 13.2. The Morgan fingerprint density at radius 1 is 1.33 bits per heavy atom. The Bertz CT molecular complexity index is 807. The number of hydrazone groups is 1. The van der Waals surface area contributed by atoms with E-state index in [0.717, 1.165) is 29.1 Å². The lowest BCUT2D eigenvalue weighted by molar-refractivity contribution is -0.119. The third-order valence-corrected chi connectivity index (χ3v) is 7.64. The molecule has 2 bridgehead atoms. The van der Waals surface area contributed by atoms with Gasteiger partial charge in [-0.3, -0.25) is 4.79 Å². The van der Waals surface area contributed by atoms with Crippen LogP contribution < -0.4 is 5.32 Å². The largest absolute Gasteiger partial charge is 0.353 e. The first kappa shape index (κ1) is 17.3. The minimum atomic E-state index is 0.108. The van der Waals surface area contributed by atoms with Gasteiger partial charge in [-0.15, -0.1) is 0 Å². The van der Waals surface area contributed by atoms with Gasteiger partial charge in [0, 0.05) is 24.2 Å². The molecule has 2 aliphatic heterocycles. The molecule has 2 aliphatic carbocycles.